The number of nitrogens with zero attached hydrogens (tertiary/aromatic N) is 1. The molecule has 0 aromatic heterocycles. The van der Waals surface area contributed by atoms with Crippen LogP contribution in [0.3, 0.4) is 0 Å². The third-order valence-corrected chi connectivity index (χ3v) is 4.06. The fourth-order valence-electron chi connectivity index (χ4n) is 2.93. The van der Waals surface area contributed by atoms with Crippen LogP contribution in [0.4, 0.5) is 5.69 Å². The maximum atomic E-state index is 9.81. The molecule has 1 heterocycles. The van der Waals surface area contributed by atoms with Crippen LogP contribution in [-0.4, -0.2) is 17.7 Å². The van der Waals surface area contributed by atoms with E-state index in [9.17, 15) is 5.11 Å². The Morgan fingerprint density at radius 1 is 1.28 bits per heavy atom. The van der Waals surface area contributed by atoms with Gasteiger partial charge in [0.05, 0.1) is 6.10 Å². The molecule has 0 saturated carbocycles. The Morgan fingerprint density at radius 3 is 2.50 bits per heavy atom. The molecule has 2 rings (SSSR count). The highest BCUT2D eigenvalue weighted by molar-refractivity contribution is 5.50. The summed E-state index contributed by atoms with van der Waals surface area (Å²) in [6.07, 6.45) is 3.05. The topological polar surface area (TPSA) is 23.5 Å². The van der Waals surface area contributed by atoms with Gasteiger partial charge in [-0.05, 0) is 42.9 Å². The minimum Gasteiger partial charge on any atom is -0.388 e. The smallest absolute Gasteiger partial charge is 0.0787 e. The van der Waals surface area contributed by atoms with Crippen molar-refractivity contribution in [3.8, 4) is 0 Å². The van der Waals surface area contributed by atoms with Gasteiger partial charge in [0, 0.05) is 18.3 Å². The van der Waals surface area contributed by atoms with Gasteiger partial charge < -0.3 is 10.0 Å². The van der Waals surface area contributed by atoms with E-state index < -0.39 is 0 Å². The van der Waals surface area contributed by atoms with Gasteiger partial charge in [-0.25, -0.2) is 0 Å². The number of benzene rings is 1. The summed E-state index contributed by atoms with van der Waals surface area (Å²) in [6.45, 7) is 7.78. The fraction of sp³-hybridized carbons (Fsp3) is 0.625. The van der Waals surface area contributed by atoms with Crippen molar-refractivity contribution in [2.45, 2.75) is 52.2 Å². The first-order valence-corrected chi connectivity index (χ1v) is 7.18. The molecule has 1 saturated heterocycles. The van der Waals surface area contributed by atoms with Crippen LogP contribution in [0.25, 0.3) is 0 Å². The van der Waals surface area contributed by atoms with Crippen molar-refractivity contribution in [2.24, 2.45) is 5.92 Å². The van der Waals surface area contributed by atoms with Crippen LogP contribution >= 0.6 is 0 Å². The van der Waals surface area contributed by atoms with Crippen LogP contribution in [0.15, 0.2) is 24.3 Å². The highest BCUT2D eigenvalue weighted by Gasteiger charge is 2.27. The van der Waals surface area contributed by atoms with Gasteiger partial charge in [0.1, 0.15) is 0 Å². The largest absolute Gasteiger partial charge is 0.388 e. The molecule has 1 aromatic carbocycles. The zero-order chi connectivity index (χ0) is 13.1. The molecule has 0 radical (unpaired) electrons. The lowest BCUT2D eigenvalue weighted by molar-refractivity contribution is 0.173. The van der Waals surface area contributed by atoms with Crippen LogP contribution < -0.4 is 4.90 Å². The number of aliphatic hydroxyl groups excluding tert-OH is 1. The van der Waals surface area contributed by atoms with Crippen molar-refractivity contribution in [1.29, 1.82) is 0 Å². The molecular weight excluding hydrogens is 222 g/mol. The van der Waals surface area contributed by atoms with Gasteiger partial charge in [-0.2, -0.15) is 0 Å². The molecule has 2 nitrogen and oxygen atoms in total. The zero-order valence-electron chi connectivity index (χ0n) is 11.8. The van der Waals surface area contributed by atoms with Gasteiger partial charge in [0.2, 0.25) is 0 Å². The van der Waals surface area contributed by atoms with Gasteiger partial charge in [0.15, 0.2) is 0 Å². The fourth-order valence-corrected chi connectivity index (χ4v) is 2.93. The average Bonchev–Trinajstić information content (AvgIpc) is 2.87. The highest BCUT2D eigenvalue weighted by Crippen LogP contribution is 2.30. The van der Waals surface area contributed by atoms with Gasteiger partial charge in [-0.3, -0.25) is 0 Å². The summed E-state index contributed by atoms with van der Waals surface area (Å²) in [6, 6.07) is 9.13. The third kappa shape index (κ3) is 2.69. The normalized spacial score (nSPS) is 21.6. The summed E-state index contributed by atoms with van der Waals surface area (Å²) in [5.74, 6) is 0.702. The molecule has 1 aliphatic rings. The Bertz CT molecular complexity index is 371. The van der Waals surface area contributed by atoms with Crippen molar-refractivity contribution in [3.63, 3.8) is 0 Å². The molecule has 100 valence electrons. The van der Waals surface area contributed by atoms with E-state index in [0.717, 1.165) is 12.0 Å². The minimum absolute atomic E-state index is 0.321. The number of hydrogen-bond donors (Lipinski definition) is 1. The van der Waals surface area contributed by atoms with Crippen molar-refractivity contribution < 1.29 is 5.11 Å². The van der Waals surface area contributed by atoms with Crippen LogP contribution in [0.1, 0.15) is 51.7 Å². The Kier molecular flexibility index (Phi) is 4.28. The Morgan fingerprint density at radius 2 is 1.94 bits per heavy atom. The quantitative estimate of drug-likeness (QED) is 0.875. The van der Waals surface area contributed by atoms with E-state index in [1.165, 1.54) is 25.1 Å². The first-order chi connectivity index (χ1) is 8.63. The van der Waals surface area contributed by atoms with E-state index in [1.807, 2.05) is 6.92 Å². The molecule has 1 N–H and O–H groups in total. The molecule has 18 heavy (non-hydrogen) atoms. The van der Waals surface area contributed by atoms with Crippen molar-refractivity contribution in [2.75, 3.05) is 11.4 Å². The molecular formula is C16H25NO. The SMILES string of the molecule is CC[C@@H](O)c1ccc(N2CCCC2C(C)C)cc1. The predicted octanol–water partition coefficient (Wildman–Crippen LogP) is 3.75. The summed E-state index contributed by atoms with van der Waals surface area (Å²) in [5, 5.41) is 9.81. The number of anilines is 1. The van der Waals surface area contributed by atoms with Crippen molar-refractivity contribution in [3.05, 3.63) is 29.8 Å². The first-order valence-electron chi connectivity index (χ1n) is 7.18. The molecule has 1 aromatic rings. The predicted molar refractivity (Wildman–Crippen MR) is 76.9 cm³/mol. The molecule has 1 unspecified atom stereocenters. The molecule has 0 aliphatic carbocycles. The zero-order valence-corrected chi connectivity index (χ0v) is 11.8. The molecule has 1 aliphatic heterocycles. The van der Waals surface area contributed by atoms with Crippen molar-refractivity contribution in [1.82, 2.24) is 0 Å². The summed E-state index contributed by atoms with van der Waals surface area (Å²) < 4.78 is 0. The first kappa shape index (κ1) is 13.4. The lowest BCUT2D eigenvalue weighted by Crippen LogP contribution is -2.33. The average molecular weight is 247 g/mol. The van der Waals surface area contributed by atoms with Crippen LogP contribution in [0, 0.1) is 5.92 Å². The second-order valence-electron chi connectivity index (χ2n) is 5.66. The molecule has 0 bridgehead atoms. The van der Waals surface area contributed by atoms with Crippen LogP contribution in [-0.2, 0) is 0 Å². The lowest BCUT2D eigenvalue weighted by Gasteiger charge is -2.30. The van der Waals surface area contributed by atoms with Crippen molar-refractivity contribution >= 4 is 5.69 Å². The maximum absolute atomic E-state index is 9.81. The second kappa shape index (κ2) is 5.75. The van der Waals surface area contributed by atoms with E-state index in [1.54, 1.807) is 0 Å². The maximum Gasteiger partial charge on any atom is 0.0787 e. The lowest BCUT2D eigenvalue weighted by atomic mass is 10.0. The van der Waals surface area contributed by atoms with Gasteiger partial charge in [-0.15, -0.1) is 0 Å². The number of rotatable bonds is 4. The Labute approximate surface area is 111 Å². The number of hydrogen-bond acceptors (Lipinski definition) is 2. The van der Waals surface area contributed by atoms with Gasteiger partial charge in [-0.1, -0.05) is 32.9 Å². The monoisotopic (exact) mass is 247 g/mol. The van der Waals surface area contributed by atoms with Crippen LogP contribution in [0.2, 0.25) is 0 Å². The van der Waals surface area contributed by atoms with E-state index in [0.29, 0.717) is 12.0 Å². The van der Waals surface area contributed by atoms with Crippen LogP contribution in [0.5, 0.6) is 0 Å². The molecule has 2 heteroatoms. The van der Waals surface area contributed by atoms with E-state index >= 15 is 0 Å². The van der Waals surface area contributed by atoms with E-state index in [2.05, 4.69) is 43.0 Å². The molecule has 0 amide bonds. The molecule has 2 atom stereocenters. The number of aliphatic hydroxyl groups is 1. The van der Waals surface area contributed by atoms with E-state index in [-0.39, 0.29) is 6.10 Å². The minimum atomic E-state index is -0.321. The third-order valence-electron chi connectivity index (χ3n) is 4.06. The summed E-state index contributed by atoms with van der Waals surface area (Å²) in [7, 11) is 0. The van der Waals surface area contributed by atoms with Gasteiger partial charge >= 0.3 is 0 Å². The molecule has 1 fully saturated rings. The molecule has 0 spiro atoms. The Hall–Kier alpha value is -1.02. The summed E-state index contributed by atoms with van der Waals surface area (Å²) in [4.78, 5) is 2.52. The standard InChI is InChI=1S/C16H25NO/c1-4-16(18)13-7-9-14(10-8-13)17-11-5-6-15(17)12(2)3/h7-10,12,15-16,18H,4-6,11H2,1-3H3/t15?,16-/m1/s1. The van der Waals surface area contributed by atoms with Gasteiger partial charge in [0.25, 0.3) is 0 Å². The summed E-state index contributed by atoms with van der Waals surface area (Å²) >= 11 is 0. The Balaban J connectivity index is 2.14. The highest BCUT2D eigenvalue weighted by atomic mass is 16.3. The summed E-state index contributed by atoms with van der Waals surface area (Å²) in [5.41, 5.74) is 2.33. The van der Waals surface area contributed by atoms with E-state index in [4.69, 9.17) is 0 Å². The second-order valence-corrected chi connectivity index (χ2v) is 5.66.